The van der Waals surface area contributed by atoms with Crippen molar-refractivity contribution >= 4 is 34.7 Å². The number of fused-ring (bicyclic) bond motifs is 2. The Morgan fingerprint density at radius 1 is 1.19 bits per heavy atom. The van der Waals surface area contributed by atoms with Gasteiger partial charge in [-0.1, -0.05) is 12.1 Å². The van der Waals surface area contributed by atoms with Gasteiger partial charge in [0, 0.05) is 45.1 Å². The van der Waals surface area contributed by atoms with Gasteiger partial charge in [0.25, 0.3) is 0 Å². The van der Waals surface area contributed by atoms with E-state index in [9.17, 15) is 4.79 Å². The van der Waals surface area contributed by atoms with Crippen molar-refractivity contribution in [1.29, 1.82) is 0 Å². The molecule has 2 aromatic heterocycles. The van der Waals surface area contributed by atoms with Crippen LogP contribution in [0.3, 0.4) is 0 Å². The van der Waals surface area contributed by atoms with Gasteiger partial charge in [0.15, 0.2) is 5.78 Å². The van der Waals surface area contributed by atoms with Gasteiger partial charge in [-0.3, -0.25) is 4.79 Å². The number of nitrogens with zero attached hydrogens (tertiary/aromatic N) is 1. The van der Waals surface area contributed by atoms with Gasteiger partial charge in [0.1, 0.15) is 5.65 Å². The van der Waals surface area contributed by atoms with Crippen LogP contribution >= 0.6 is 11.8 Å². The third kappa shape index (κ3) is 2.08. The zero-order valence-electron chi connectivity index (χ0n) is 11.2. The van der Waals surface area contributed by atoms with E-state index in [0.717, 1.165) is 32.6 Å². The largest absolute Gasteiger partial charge is 0.346 e. The predicted octanol–water partition coefficient (Wildman–Crippen LogP) is 3.93. The number of aromatic amines is 1. The van der Waals surface area contributed by atoms with Crippen molar-refractivity contribution in [2.24, 2.45) is 0 Å². The van der Waals surface area contributed by atoms with Crippen molar-refractivity contribution in [3.8, 4) is 0 Å². The standard InChI is InChI=1S/C17H12N2OS/c20-16-12(10-21-15-6-2-1-4-14(15)16)8-11-9-19-17-13(11)5-3-7-18-17/h1-9H,10H2,(H,18,19)/b12-8-. The lowest BCUT2D eigenvalue weighted by molar-refractivity contribution is 0.103. The lowest BCUT2D eigenvalue weighted by atomic mass is 10.0. The summed E-state index contributed by atoms with van der Waals surface area (Å²) in [5.41, 5.74) is 3.50. The minimum Gasteiger partial charge on any atom is -0.346 e. The molecule has 0 fully saturated rings. The summed E-state index contributed by atoms with van der Waals surface area (Å²) in [5, 5.41) is 1.04. The highest BCUT2D eigenvalue weighted by Crippen LogP contribution is 2.33. The first kappa shape index (κ1) is 12.4. The van der Waals surface area contributed by atoms with E-state index in [2.05, 4.69) is 9.97 Å². The van der Waals surface area contributed by atoms with Crippen LogP contribution in [0, 0.1) is 0 Å². The Morgan fingerprint density at radius 3 is 3.05 bits per heavy atom. The monoisotopic (exact) mass is 292 g/mol. The number of H-pyrrole nitrogens is 1. The smallest absolute Gasteiger partial charge is 0.191 e. The van der Waals surface area contributed by atoms with E-state index < -0.39 is 0 Å². The van der Waals surface area contributed by atoms with Crippen molar-refractivity contribution in [3.05, 3.63) is 65.5 Å². The highest BCUT2D eigenvalue weighted by Gasteiger charge is 2.22. The summed E-state index contributed by atoms with van der Waals surface area (Å²) in [6.07, 6.45) is 5.64. The summed E-state index contributed by atoms with van der Waals surface area (Å²) in [6, 6.07) is 11.7. The van der Waals surface area contributed by atoms with Gasteiger partial charge < -0.3 is 4.98 Å². The number of carbonyl (C=O) groups excluding carboxylic acids is 1. The molecule has 102 valence electrons. The number of benzene rings is 1. The minimum atomic E-state index is 0.127. The molecule has 21 heavy (non-hydrogen) atoms. The Balaban J connectivity index is 1.79. The van der Waals surface area contributed by atoms with Crippen LogP contribution in [0.25, 0.3) is 17.1 Å². The first-order valence-electron chi connectivity index (χ1n) is 6.72. The van der Waals surface area contributed by atoms with Gasteiger partial charge in [0.2, 0.25) is 0 Å². The van der Waals surface area contributed by atoms with Gasteiger partial charge in [0.05, 0.1) is 0 Å². The molecule has 1 N–H and O–H groups in total. The Morgan fingerprint density at radius 2 is 2.10 bits per heavy atom. The number of pyridine rings is 1. The van der Waals surface area contributed by atoms with Crippen molar-refractivity contribution in [1.82, 2.24) is 9.97 Å². The fourth-order valence-corrected chi connectivity index (χ4v) is 3.58. The Kier molecular flexibility index (Phi) is 2.89. The summed E-state index contributed by atoms with van der Waals surface area (Å²) >= 11 is 1.71. The number of hydrogen-bond donors (Lipinski definition) is 1. The lowest BCUT2D eigenvalue weighted by Gasteiger charge is -2.16. The molecule has 0 unspecified atom stereocenters. The molecule has 0 amide bonds. The molecular formula is C17H12N2OS. The molecule has 0 spiro atoms. The van der Waals surface area contributed by atoms with Crippen molar-refractivity contribution < 1.29 is 4.79 Å². The van der Waals surface area contributed by atoms with E-state index in [1.807, 2.05) is 48.7 Å². The van der Waals surface area contributed by atoms with Gasteiger partial charge in [-0.2, -0.15) is 0 Å². The van der Waals surface area contributed by atoms with Gasteiger partial charge in [-0.25, -0.2) is 4.98 Å². The van der Waals surface area contributed by atoms with E-state index in [1.54, 1.807) is 18.0 Å². The van der Waals surface area contributed by atoms with Crippen molar-refractivity contribution in [2.75, 3.05) is 5.75 Å². The summed E-state index contributed by atoms with van der Waals surface area (Å²) in [5.74, 6) is 0.838. The zero-order chi connectivity index (χ0) is 14.2. The molecule has 1 aliphatic heterocycles. The van der Waals surface area contributed by atoms with E-state index in [1.165, 1.54) is 0 Å². The summed E-state index contributed by atoms with van der Waals surface area (Å²) < 4.78 is 0. The number of aromatic nitrogens is 2. The van der Waals surface area contributed by atoms with Crippen LogP contribution in [0.5, 0.6) is 0 Å². The molecule has 3 aromatic rings. The summed E-state index contributed by atoms with van der Waals surface area (Å²) in [7, 11) is 0. The molecule has 4 rings (SSSR count). The van der Waals surface area contributed by atoms with Crippen LogP contribution < -0.4 is 0 Å². The van der Waals surface area contributed by atoms with Gasteiger partial charge in [-0.15, -0.1) is 11.8 Å². The maximum absolute atomic E-state index is 12.6. The Hall–Kier alpha value is -2.33. The fraction of sp³-hybridized carbons (Fsp3) is 0.0588. The molecule has 3 nitrogen and oxygen atoms in total. The quantitative estimate of drug-likeness (QED) is 0.691. The van der Waals surface area contributed by atoms with Gasteiger partial charge >= 0.3 is 0 Å². The Bertz CT molecular complexity index is 879. The second-order valence-corrected chi connectivity index (χ2v) is 5.94. The van der Waals surface area contributed by atoms with Crippen LogP contribution in [-0.2, 0) is 0 Å². The van der Waals surface area contributed by atoms with Gasteiger partial charge in [-0.05, 0) is 30.3 Å². The number of Topliss-reactive ketones (excluding diaryl/α,β-unsaturated/α-hetero) is 1. The first-order chi connectivity index (χ1) is 10.3. The van der Waals surface area contributed by atoms with Crippen LogP contribution in [0.1, 0.15) is 15.9 Å². The number of nitrogens with one attached hydrogen (secondary N) is 1. The molecule has 0 atom stereocenters. The van der Waals surface area contributed by atoms with Crippen LogP contribution in [0.4, 0.5) is 0 Å². The lowest BCUT2D eigenvalue weighted by Crippen LogP contribution is -2.11. The number of carbonyl (C=O) groups is 1. The predicted molar refractivity (Wildman–Crippen MR) is 85.6 cm³/mol. The van der Waals surface area contributed by atoms with E-state index >= 15 is 0 Å². The van der Waals surface area contributed by atoms with Crippen molar-refractivity contribution in [2.45, 2.75) is 4.90 Å². The minimum absolute atomic E-state index is 0.127. The third-order valence-electron chi connectivity index (χ3n) is 3.62. The molecule has 0 saturated carbocycles. The molecule has 1 aromatic carbocycles. The molecule has 0 radical (unpaired) electrons. The second kappa shape index (κ2) is 4.90. The molecule has 0 saturated heterocycles. The topological polar surface area (TPSA) is 45.8 Å². The Labute approximate surface area is 126 Å². The molecule has 0 aliphatic carbocycles. The number of hydrogen-bond acceptors (Lipinski definition) is 3. The van der Waals surface area contributed by atoms with E-state index in [0.29, 0.717) is 5.75 Å². The average molecular weight is 292 g/mol. The highest BCUT2D eigenvalue weighted by molar-refractivity contribution is 7.99. The molecular weight excluding hydrogens is 280 g/mol. The number of thioether (sulfide) groups is 1. The maximum atomic E-state index is 12.6. The fourth-order valence-electron chi connectivity index (χ4n) is 2.57. The number of ketones is 1. The second-order valence-electron chi connectivity index (χ2n) is 4.93. The highest BCUT2D eigenvalue weighted by atomic mass is 32.2. The normalized spacial score (nSPS) is 16.4. The van der Waals surface area contributed by atoms with Crippen LogP contribution in [0.15, 0.2) is 59.3 Å². The van der Waals surface area contributed by atoms with Crippen LogP contribution in [-0.4, -0.2) is 21.5 Å². The average Bonchev–Trinajstić information content (AvgIpc) is 2.94. The summed E-state index contributed by atoms with van der Waals surface area (Å²) in [4.78, 5) is 21.1. The van der Waals surface area contributed by atoms with E-state index in [4.69, 9.17) is 0 Å². The van der Waals surface area contributed by atoms with E-state index in [-0.39, 0.29) is 5.78 Å². The SMILES string of the molecule is O=C1/C(=C\c2c[nH]c3ncccc23)CSc2ccccc21. The maximum Gasteiger partial charge on any atom is 0.191 e. The summed E-state index contributed by atoms with van der Waals surface area (Å²) in [6.45, 7) is 0. The molecule has 1 aliphatic rings. The third-order valence-corrected chi connectivity index (χ3v) is 4.74. The first-order valence-corrected chi connectivity index (χ1v) is 7.71. The molecule has 4 heteroatoms. The zero-order valence-corrected chi connectivity index (χ0v) is 12.0. The number of rotatable bonds is 1. The van der Waals surface area contributed by atoms with Crippen LogP contribution in [0.2, 0.25) is 0 Å². The molecule has 3 heterocycles. The molecule has 0 bridgehead atoms. The van der Waals surface area contributed by atoms with Crippen molar-refractivity contribution in [3.63, 3.8) is 0 Å².